The van der Waals surface area contributed by atoms with Gasteiger partial charge in [-0.25, -0.2) is 0 Å². The van der Waals surface area contributed by atoms with Crippen molar-refractivity contribution < 1.29 is 4.74 Å². The number of hydrogen-bond donors (Lipinski definition) is 0. The minimum atomic E-state index is 0.723. The summed E-state index contributed by atoms with van der Waals surface area (Å²) in [5.74, 6) is 0.939. The van der Waals surface area contributed by atoms with Crippen molar-refractivity contribution in [2.75, 3.05) is 6.61 Å². The summed E-state index contributed by atoms with van der Waals surface area (Å²) in [4.78, 5) is 1.88. The van der Waals surface area contributed by atoms with Crippen molar-refractivity contribution in [1.29, 1.82) is 0 Å². The molecule has 0 saturated carbocycles. The average molecular weight is 241 g/mol. The first-order valence-corrected chi connectivity index (χ1v) is 5.25. The van der Waals surface area contributed by atoms with Crippen molar-refractivity contribution in [3.63, 3.8) is 0 Å². The summed E-state index contributed by atoms with van der Waals surface area (Å²) >= 11 is 3.24. The van der Waals surface area contributed by atoms with E-state index in [-0.39, 0.29) is 0 Å². The molecule has 1 aromatic rings. The molecule has 2 heteroatoms. The summed E-state index contributed by atoms with van der Waals surface area (Å²) in [5.41, 5.74) is 1.29. The molecule has 0 radical (unpaired) electrons. The van der Waals surface area contributed by atoms with E-state index in [1.54, 1.807) is 0 Å². The minimum Gasteiger partial charge on any atom is -0.494 e. The molecular formula is C11H13BrO. The van der Waals surface area contributed by atoms with Gasteiger partial charge in [-0.1, -0.05) is 34.1 Å². The highest BCUT2D eigenvalue weighted by Gasteiger charge is 1.92. The maximum atomic E-state index is 5.34. The van der Waals surface area contributed by atoms with Crippen LogP contribution in [0.15, 0.2) is 35.3 Å². The van der Waals surface area contributed by atoms with Gasteiger partial charge in [-0.3, -0.25) is 0 Å². The minimum absolute atomic E-state index is 0.723. The van der Waals surface area contributed by atoms with Gasteiger partial charge >= 0.3 is 0 Å². The van der Waals surface area contributed by atoms with E-state index in [2.05, 4.69) is 34.1 Å². The lowest BCUT2D eigenvalue weighted by Crippen LogP contribution is -1.91. The van der Waals surface area contributed by atoms with E-state index >= 15 is 0 Å². The van der Waals surface area contributed by atoms with Crippen LogP contribution in [0.5, 0.6) is 5.75 Å². The van der Waals surface area contributed by atoms with E-state index in [9.17, 15) is 0 Å². The van der Waals surface area contributed by atoms with Crippen molar-refractivity contribution in [2.45, 2.75) is 13.3 Å². The lowest BCUT2D eigenvalue weighted by atomic mass is 10.1. The van der Waals surface area contributed by atoms with Crippen LogP contribution in [0.4, 0.5) is 0 Å². The molecule has 0 amide bonds. The van der Waals surface area contributed by atoms with E-state index in [4.69, 9.17) is 4.74 Å². The predicted molar refractivity (Wildman–Crippen MR) is 59.4 cm³/mol. The molecule has 0 aromatic heterocycles. The smallest absolute Gasteiger partial charge is 0.119 e. The lowest BCUT2D eigenvalue weighted by molar-refractivity contribution is 0.340. The third kappa shape index (κ3) is 3.64. The van der Waals surface area contributed by atoms with Gasteiger partial charge in [0.15, 0.2) is 0 Å². The van der Waals surface area contributed by atoms with Crippen LogP contribution in [-0.4, -0.2) is 6.61 Å². The Morgan fingerprint density at radius 1 is 1.31 bits per heavy atom. The lowest BCUT2D eigenvalue weighted by Gasteiger charge is -2.02. The van der Waals surface area contributed by atoms with Crippen LogP contribution in [-0.2, 0) is 6.42 Å². The monoisotopic (exact) mass is 240 g/mol. The fourth-order valence-corrected chi connectivity index (χ4v) is 1.26. The fourth-order valence-electron chi connectivity index (χ4n) is 1.07. The highest BCUT2D eigenvalue weighted by Crippen LogP contribution is 2.12. The van der Waals surface area contributed by atoms with Gasteiger partial charge in [-0.15, -0.1) is 0 Å². The Bertz CT molecular complexity index is 264. The average Bonchev–Trinajstić information content (AvgIpc) is 2.17. The number of hydrogen-bond acceptors (Lipinski definition) is 1. The van der Waals surface area contributed by atoms with Crippen molar-refractivity contribution in [1.82, 2.24) is 0 Å². The summed E-state index contributed by atoms with van der Waals surface area (Å²) in [7, 11) is 0. The molecule has 0 aliphatic carbocycles. The zero-order valence-electron chi connectivity index (χ0n) is 7.66. The molecule has 0 N–H and O–H groups in total. The molecule has 0 atom stereocenters. The van der Waals surface area contributed by atoms with Crippen LogP contribution in [0.2, 0.25) is 0 Å². The summed E-state index contributed by atoms with van der Waals surface area (Å²) < 4.78 is 5.34. The number of halogens is 1. The van der Waals surface area contributed by atoms with E-state index in [1.165, 1.54) is 5.56 Å². The van der Waals surface area contributed by atoms with Crippen molar-refractivity contribution in [3.8, 4) is 5.75 Å². The Hall–Kier alpha value is -0.760. The molecular weight excluding hydrogens is 228 g/mol. The number of allylic oxidation sites excluding steroid dienone is 1. The van der Waals surface area contributed by atoms with E-state index < -0.39 is 0 Å². The summed E-state index contributed by atoms with van der Waals surface area (Å²) in [6, 6.07) is 8.16. The van der Waals surface area contributed by atoms with Crippen LogP contribution >= 0.6 is 15.9 Å². The summed E-state index contributed by atoms with van der Waals surface area (Å²) in [6.45, 7) is 2.71. The van der Waals surface area contributed by atoms with Crippen LogP contribution < -0.4 is 4.74 Å². The third-order valence-corrected chi connectivity index (χ3v) is 2.05. The first-order chi connectivity index (χ1) is 6.36. The Morgan fingerprint density at radius 2 is 2.00 bits per heavy atom. The number of rotatable bonds is 4. The Labute approximate surface area is 87.5 Å². The highest BCUT2D eigenvalue weighted by atomic mass is 79.9. The maximum Gasteiger partial charge on any atom is 0.119 e. The normalized spacial score (nSPS) is 10.6. The third-order valence-electron chi connectivity index (χ3n) is 1.68. The molecule has 0 fully saturated rings. The Morgan fingerprint density at radius 3 is 2.54 bits per heavy atom. The van der Waals surface area contributed by atoms with Crippen molar-refractivity contribution in [2.24, 2.45) is 0 Å². The Kier molecular flexibility index (Phi) is 4.61. The van der Waals surface area contributed by atoms with Crippen LogP contribution in [0, 0.1) is 0 Å². The topological polar surface area (TPSA) is 9.23 Å². The molecule has 1 nitrogen and oxygen atoms in total. The van der Waals surface area contributed by atoms with Crippen molar-refractivity contribution in [3.05, 3.63) is 40.9 Å². The van der Waals surface area contributed by atoms with Gasteiger partial charge in [0.25, 0.3) is 0 Å². The SMILES string of the molecule is CCOc1ccc(C/C=C/Br)cc1. The summed E-state index contributed by atoms with van der Waals surface area (Å²) in [5, 5.41) is 0. The summed E-state index contributed by atoms with van der Waals surface area (Å²) in [6.07, 6.45) is 3.02. The quantitative estimate of drug-likeness (QED) is 0.783. The van der Waals surface area contributed by atoms with Gasteiger partial charge in [-0.2, -0.15) is 0 Å². The van der Waals surface area contributed by atoms with E-state index in [0.717, 1.165) is 18.8 Å². The molecule has 1 aromatic carbocycles. The van der Waals surface area contributed by atoms with Crippen molar-refractivity contribution >= 4 is 15.9 Å². The Balaban J connectivity index is 2.58. The zero-order chi connectivity index (χ0) is 9.52. The number of ether oxygens (including phenoxy) is 1. The van der Waals surface area contributed by atoms with Gasteiger partial charge in [0, 0.05) is 0 Å². The first kappa shape index (κ1) is 10.3. The molecule has 0 saturated heterocycles. The standard InChI is InChI=1S/C11H13BrO/c1-2-13-11-7-5-10(6-8-11)4-3-9-12/h3,5-9H,2,4H2,1H3/b9-3+. The van der Waals surface area contributed by atoms with E-state index in [1.807, 2.05) is 24.0 Å². The molecule has 13 heavy (non-hydrogen) atoms. The number of benzene rings is 1. The predicted octanol–water partition coefficient (Wildman–Crippen LogP) is 3.54. The molecule has 70 valence electrons. The van der Waals surface area contributed by atoms with Gasteiger partial charge in [-0.05, 0) is 36.0 Å². The molecule has 0 heterocycles. The van der Waals surface area contributed by atoms with Gasteiger partial charge in [0.05, 0.1) is 6.61 Å². The second-order valence-electron chi connectivity index (χ2n) is 2.64. The molecule has 0 aliphatic heterocycles. The maximum absolute atomic E-state index is 5.34. The molecule has 1 rings (SSSR count). The second kappa shape index (κ2) is 5.81. The van der Waals surface area contributed by atoms with Crippen LogP contribution in [0.3, 0.4) is 0 Å². The van der Waals surface area contributed by atoms with Gasteiger partial charge < -0.3 is 4.74 Å². The molecule has 0 bridgehead atoms. The van der Waals surface area contributed by atoms with Gasteiger partial charge in [0.2, 0.25) is 0 Å². The molecule has 0 spiro atoms. The second-order valence-corrected chi connectivity index (χ2v) is 3.17. The molecule has 0 unspecified atom stereocenters. The van der Waals surface area contributed by atoms with Crippen LogP contribution in [0.1, 0.15) is 12.5 Å². The largest absolute Gasteiger partial charge is 0.494 e. The zero-order valence-corrected chi connectivity index (χ0v) is 9.25. The first-order valence-electron chi connectivity index (χ1n) is 4.33. The highest BCUT2D eigenvalue weighted by molar-refractivity contribution is 9.11. The molecule has 0 aliphatic rings. The van der Waals surface area contributed by atoms with Crippen LogP contribution in [0.25, 0.3) is 0 Å². The fraction of sp³-hybridized carbons (Fsp3) is 0.273. The van der Waals surface area contributed by atoms with Gasteiger partial charge in [0.1, 0.15) is 5.75 Å². The van der Waals surface area contributed by atoms with E-state index in [0.29, 0.717) is 0 Å².